The number of carbonyl (C=O) groups is 1. The highest BCUT2D eigenvalue weighted by Gasteiger charge is 2.06. The summed E-state index contributed by atoms with van der Waals surface area (Å²) in [6.45, 7) is 0.635. The van der Waals surface area contributed by atoms with Crippen LogP contribution in [-0.2, 0) is 16.1 Å². The Morgan fingerprint density at radius 1 is 1.30 bits per heavy atom. The Labute approximate surface area is 116 Å². The third-order valence-corrected chi connectivity index (χ3v) is 2.62. The first-order valence-corrected chi connectivity index (χ1v) is 6.18. The lowest BCUT2D eigenvalue weighted by molar-refractivity contribution is -0.117. The summed E-state index contributed by atoms with van der Waals surface area (Å²) in [5.41, 5.74) is 0.961. The molecule has 5 heteroatoms. The smallest absolute Gasteiger partial charge is 0.226 e. The third kappa shape index (κ3) is 3.97. The maximum absolute atomic E-state index is 11.7. The van der Waals surface area contributed by atoms with Crippen molar-refractivity contribution in [3.63, 3.8) is 0 Å². The van der Waals surface area contributed by atoms with E-state index in [1.54, 1.807) is 36.6 Å². The Kier molecular flexibility index (Phi) is 4.93. The zero-order chi connectivity index (χ0) is 14.2. The van der Waals surface area contributed by atoms with Crippen LogP contribution in [0.3, 0.4) is 0 Å². The van der Waals surface area contributed by atoms with E-state index in [9.17, 15) is 4.79 Å². The van der Waals surface area contributed by atoms with Gasteiger partial charge in [0.25, 0.3) is 0 Å². The Morgan fingerprint density at radius 2 is 2.15 bits per heavy atom. The average molecular weight is 270 g/mol. The number of anilines is 1. The Balaban J connectivity index is 1.74. The summed E-state index contributed by atoms with van der Waals surface area (Å²) in [6, 6.07) is 12.5. The van der Waals surface area contributed by atoms with Gasteiger partial charge in [-0.15, -0.1) is 0 Å². The number of para-hydroxylation sites is 1. The van der Waals surface area contributed by atoms with Crippen molar-refractivity contribution in [2.45, 2.75) is 13.0 Å². The fourth-order valence-corrected chi connectivity index (χ4v) is 1.63. The number of nitrogens with zero attached hydrogens (tertiary/aromatic N) is 1. The summed E-state index contributed by atoms with van der Waals surface area (Å²) >= 11 is 0. The normalized spacial score (nSPS) is 9.95. The van der Waals surface area contributed by atoms with Crippen LogP contribution in [0.1, 0.15) is 17.7 Å². The first-order chi connectivity index (χ1) is 9.79. The molecule has 0 saturated carbocycles. The molecule has 1 heterocycles. The second-order valence-electron chi connectivity index (χ2n) is 4.09. The summed E-state index contributed by atoms with van der Waals surface area (Å²) in [7, 11) is 0. The first-order valence-electron chi connectivity index (χ1n) is 6.18. The van der Waals surface area contributed by atoms with Crippen LogP contribution < -0.4 is 5.32 Å². The van der Waals surface area contributed by atoms with E-state index in [-0.39, 0.29) is 12.3 Å². The molecule has 2 rings (SSSR count). The number of amides is 1. The van der Waals surface area contributed by atoms with Crippen molar-refractivity contribution < 1.29 is 13.9 Å². The van der Waals surface area contributed by atoms with Gasteiger partial charge in [-0.25, -0.2) is 0 Å². The van der Waals surface area contributed by atoms with Crippen molar-refractivity contribution in [2.75, 3.05) is 11.9 Å². The number of hydrogen-bond donors (Lipinski definition) is 1. The second-order valence-corrected chi connectivity index (χ2v) is 4.09. The lowest BCUT2D eigenvalue weighted by Gasteiger charge is -2.06. The fourth-order valence-electron chi connectivity index (χ4n) is 1.63. The van der Waals surface area contributed by atoms with Crippen LogP contribution in [-0.4, -0.2) is 12.5 Å². The minimum Gasteiger partial charge on any atom is -0.467 e. The molecule has 1 aromatic heterocycles. The van der Waals surface area contributed by atoms with E-state index in [1.807, 2.05) is 12.1 Å². The first kappa shape index (κ1) is 13.8. The molecule has 102 valence electrons. The standard InChI is InChI=1S/C15H14N2O3/c16-10-12-4-1-2-6-14(12)17-15(18)7-9-19-11-13-5-3-8-20-13/h1-6,8H,7,9,11H2,(H,17,18). The summed E-state index contributed by atoms with van der Waals surface area (Å²) in [6.07, 6.45) is 1.80. The van der Waals surface area contributed by atoms with Crippen molar-refractivity contribution in [2.24, 2.45) is 0 Å². The van der Waals surface area contributed by atoms with E-state index in [1.165, 1.54) is 0 Å². The predicted octanol–water partition coefficient (Wildman–Crippen LogP) is 2.70. The Bertz CT molecular complexity index is 600. The zero-order valence-corrected chi connectivity index (χ0v) is 10.8. The molecular formula is C15H14N2O3. The number of ether oxygens (including phenoxy) is 1. The number of rotatable bonds is 6. The molecule has 0 radical (unpaired) electrons. The number of nitrogens with one attached hydrogen (secondary N) is 1. The monoisotopic (exact) mass is 270 g/mol. The van der Waals surface area contributed by atoms with Gasteiger partial charge < -0.3 is 14.5 Å². The Hall–Kier alpha value is -2.58. The van der Waals surface area contributed by atoms with E-state index < -0.39 is 0 Å². The van der Waals surface area contributed by atoms with Crippen LogP contribution in [0, 0.1) is 11.3 Å². The summed E-state index contributed by atoms with van der Waals surface area (Å²) in [4.78, 5) is 11.7. The van der Waals surface area contributed by atoms with Crippen molar-refractivity contribution in [1.82, 2.24) is 0 Å². The molecule has 2 aromatic rings. The molecule has 0 unspecified atom stereocenters. The molecule has 0 aliphatic rings. The molecule has 0 aliphatic heterocycles. The lowest BCUT2D eigenvalue weighted by Crippen LogP contribution is -2.14. The van der Waals surface area contributed by atoms with E-state index in [2.05, 4.69) is 5.32 Å². The van der Waals surface area contributed by atoms with Gasteiger partial charge in [0, 0.05) is 0 Å². The van der Waals surface area contributed by atoms with Crippen LogP contribution >= 0.6 is 0 Å². The van der Waals surface area contributed by atoms with Gasteiger partial charge in [-0.1, -0.05) is 12.1 Å². The minimum atomic E-state index is -0.188. The SMILES string of the molecule is N#Cc1ccccc1NC(=O)CCOCc1ccco1. The molecule has 0 spiro atoms. The number of benzene rings is 1. The quantitative estimate of drug-likeness (QED) is 0.819. The molecule has 0 saturated heterocycles. The molecule has 0 aliphatic carbocycles. The van der Waals surface area contributed by atoms with Gasteiger partial charge in [-0.05, 0) is 24.3 Å². The molecule has 1 aromatic carbocycles. The lowest BCUT2D eigenvalue weighted by atomic mass is 10.2. The number of carbonyl (C=O) groups excluding carboxylic acids is 1. The van der Waals surface area contributed by atoms with Crippen LogP contribution in [0.15, 0.2) is 47.1 Å². The maximum atomic E-state index is 11.7. The van der Waals surface area contributed by atoms with E-state index in [0.29, 0.717) is 24.5 Å². The summed E-state index contributed by atoms with van der Waals surface area (Å²) < 4.78 is 10.4. The van der Waals surface area contributed by atoms with Crippen LogP contribution in [0.2, 0.25) is 0 Å². The second kappa shape index (κ2) is 7.12. The van der Waals surface area contributed by atoms with Gasteiger partial charge >= 0.3 is 0 Å². The highest BCUT2D eigenvalue weighted by molar-refractivity contribution is 5.92. The molecule has 5 nitrogen and oxygen atoms in total. The zero-order valence-electron chi connectivity index (χ0n) is 10.8. The topological polar surface area (TPSA) is 75.3 Å². The van der Waals surface area contributed by atoms with Gasteiger partial charge in [-0.3, -0.25) is 4.79 Å². The molecule has 1 N–H and O–H groups in total. The molecular weight excluding hydrogens is 256 g/mol. The van der Waals surface area contributed by atoms with Crippen LogP contribution in [0.4, 0.5) is 5.69 Å². The number of hydrogen-bond acceptors (Lipinski definition) is 4. The van der Waals surface area contributed by atoms with E-state index >= 15 is 0 Å². The molecule has 0 bridgehead atoms. The van der Waals surface area contributed by atoms with Crippen molar-refractivity contribution in [3.05, 3.63) is 54.0 Å². The fraction of sp³-hybridized carbons (Fsp3) is 0.200. The largest absolute Gasteiger partial charge is 0.467 e. The van der Waals surface area contributed by atoms with Crippen molar-refractivity contribution in [3.8, 4) is 6.07 Å². The van der Waals surface area contributed by atoms with Crippen molar-refractivity contribution in [1.29, 1.82) is 5.26 Å². The molecule has 1 amide bonds. The van der Waals surface area contributed by atoms with Crippen molar-refractivity contribution >= 4 is 11.6 Å². The van der Waals surface area contributed by atoms with E-state index in [0.717, 1.165) is 5.76 Å². The molecule has 0 atom stereocenters. The molecule has 0 fully saturated rings. The highest BCUT2D eigenvalue weighted by atomic mass is 16.5. The van der Waals surface area contributed by atoms with Crippen LogP contribution in [0.5, 0.6) is 0 Å². The highest BCUT2D eigenvalue weighted by Crippen LogP contribution is 2.13. The Morgan fingerprint density at radius 3 is 2.90 bits per heavy atom. The number of furan rings is 1. The van der Waals surface area contributed by atoms with Gasteiger partial charge in [0.1, 0.15) is 18.4 Å². The maximum Gasteiger partial charge on any atom is 0.226 e. The predicted molar refractivity (Wildman–Crippen MR) is 72.8 cm³/mol. The van der Waals surface area contributed by atoms with Gasteiger partial charge in [-0.2, -0.15) is 5.26 Å². The summed E-state index contributed by atoms with van der Waals surface area (Å²) in [5.74, 6) is 0.535. The van der Waals surface area contributed by atoms with E-state index in [4.69, 9.17) is 14.4 Å². The summed E-state index contributed by atoms with van der Waals surface area (Å²) in [5, 5.41) is 11.6. The molecule has 20 heavy (non-hydrogen) atoms. The average Bonchev–Trinajstić information content (AvgIpc) is 2.97. The third-order valence-electron chi connectivity index (χ3n) is 2.62. The van der Waals surface area contributed by atoms with Gasteiger partial charge in [0.05, 0.1) is 30.5 Å². The minimum absolute atomic E-state index is 0.188. The number of nitriles is 1. The van der Waals surface area contributed by atoms with Gasteiger partial charge in [0.2, 0.25) is 5.91 Å². The van der Waals surface area contributed by atoms with Crippen LogP contribution in [0.25, 0.3) is 0 Å². The van der Waals surface area contributed by atoms with Gasteiger partial charge in [0.15, 0.2) is 0 Å².